The van der Waals surface area contributed by atoms with Gasteiger partial charge in [-0.05, 0) is 45.4 Å². The van der Waals surface area contributed by atoms with E-state index in [0.717, 1.165) is 32.4 Å². The summed E-state index contributed by atoms with van der Waals surface area (Å²) < 4.78 is 5.36. The Labute approximate surface area is 127 Å². The Morgan fingerprint density at radius 2 is 1.95 bits per heavy atom. The fourth-order valence-corrected chi connectivity index (χ4v) is 2.89. The molecule has 5 nitrogen and oxygen atoms in total. The van der Waals surface area contributed by atoms with E-state index < -0.39 is 5.60 Å². The molecule has 2 aliphatic heterocycles. The van der Waals surface area contributed by atoms with Crippen molar-refractivity contribution in [2.45, 2.75) is 65.5 Å². The van der Waals surface area contributed by atoms with Crippen LogP contribution < -0.4 is 0 Å². The van der Waals surface area contributed by atoms with E-state index in [9.17, 15) is 9.59 Å². The predicted molar refractivity (Wildman–Crippen MR) is 80.9 cm³/mol. The van der Waals surface area contributed by atoms with Crippen LogP contribution >= 0.6 is 0 Å². The molecule has 0 N–H and O–H groups in total. The van der Waals surface area contributed by atoms with Crippen molar-refractivity contribution in [2.24, 2.45) is 5.41 Å². The summed E-state index contributed by atoms with van der Waals surface area (Å²) >= 11 is 0. The second-order valence-electron chi connectivity index (χ2n) is 7.65. The van der Waals surface area contributed by atoms with Gasteiger partial charge in [-0.25, -0.2) is 4.79 Å². The molecule has 1 unspecified atom stereocenters. The van der Waals surface area contributed by atoms with Gasteiger partial charge in [0.25, 0.3) is 0 Å². The lowest BCUT2D eigenvalue weighted by Crippen LogP contribution is -2.59. The molecular weight excluding hydrogens is 268 g/mol. The first-order chi connectivity index (χ1) is 9.65. The van der Waals surface area contributed by atoms with Crippen LogP contribution in [0, 0.1) is 5.41 Å². The Morgan fingerprint density at radius 1 is 1.29 bits per heavy atom. The summed E-state index contributed by atoms with van der Waals surface area (Å²) in [6.45, 7) is 12.2. The van der Waals surface area contributed by atoms with E-state index in [1.165, 1.54) is 0 Å². The Kier molecular flexibility index (Phi) is 4.22. The quantitative estimate of drug-likeness (QED) is 0.787. The predicted octanol–water partition coefficient (Wildman–Crippen LogP) is 2.64. The van der Waals surface area contributed by atoms with Gasteiger partial charge in [0, 0.05) is 19.6 Å². The Morgan fingerprint density at radius 3 is 2.38 bits per heavy atom. The summed E-state index contributed by atoms with van der Waals surface area (Å²) in [7, 11) is 0. The minimum atomic E-state index is -0.519. The first-order valence-electron chi connectivity index (χ1n) is 7.94. The van der Waals surface area contributed by atoms with E-state index in [4.69, 9.17) is 4.74 Å². The van der Waals surface area contributed by atoms with Crippen molar-refractivity contribution in [3.63, 3.8) is 0 Å². The van der Waals surface area contributed by atoms with Crippen molar-refractivity contribution < 1.29 is 14.3 Å². The van der Waals surface area contributed by atoms with Crippen molar-refractivity contribution in [3.05, 3.63) is 0 Å². The topological polar surface area (TPSA) is 49.9 Å². The first kappa shape index (κ1) is 16.1. The minimum Gasteiger partial charge on any atom is -0.444 e. The SMILES string of the molecule is CC[C@@]1(C)CCN(C(=O)C2CCN2C(=O)OC(C)(C)C)C1. The minimum absolute atomic E-state index is 0.0873. The average Bonchev–Trinajstić information content (AvgIpc) is 2.68. The van der Waals surface area contributed by atoms with Gasteiger partial charge in [0.15, 0.2) is 0 Å². The summed E-state index contributed by atoms with van der Waals surface area (Å²) in [6.07, 6.45) is 2.51. The molecule has 2 atom stereocenters. The van der Waals surface area contributed by atoms with E-state index in [-0.39, 0.29) is 23.5 Å². The van der Waals surface area contributed by atoms with Crippen LogP contribution in [-0.4, -0.2) is 53.1 Å². The molecule has 5 heteroatoms. The number of carbonyl (C=O) groups excluding carboxylic acids is 2. The van der Waals surface area contributed by atoms with Gasteiger partial charge in [0.1, 0.15) is 11.6 Å². The summed E-state index contributed by atoms with van der Waals surface area (Å²) in [5.41, 5.74) is -0.287. The van der Waals surface area contributed by atoms with Crippen LogP contribution in [0.1, 0.15) is 53.9 Å². The van der Waals surface area contributed by atoms with Gasteiger partial charge in [-0.15, -0.1) is 0 Å². The highest BCUT2D eigenvalue weighted by molar-refractivity contribution is 5.87. The molecule has 21 heavy (non-hydrogen) atoms. The summed E-state index contributed by atoms with van der Waals surface area (Å²) in [5, 5.41) is 0. The molecule has 0 spiro atoms. The molecule has 0 bridgehead atoms. The lowest BCUT2D eigenvalue weighted by Gasteiger charge is -2.41. The van der Waals surface area contributed by atoms with E-state index in [2.05, 4.69) is 13.8 Å². The van der Waals surface area contributed by atoms with Gasteiger partial charge >= 0.3 is 6.09 Å². The number of likely N-dealkylation sites (tertiary alicyclic amines) is 2. The smallest absolute Gasteiger partial charge is 0.410 e. The van der Waals surface area contributed by atoms with Crippen LogP contribution in [0.5, 0.6) is 0 Å². The Bertz CT molecular complexity index is 430. The van der Waals surface area contributed by atoms with Gasteiger partial charge in [0.05, 0.1) is 0 Å². The molecule has 0 aromatic rings. The highest BCUT2D eigenvalue weighted by Gasteiger charge is 2.44. The zero-order valence-electron chi connectivity index (χ0n) is 13.9. The molecule has 0 aromatic carbocycles. The number of carbonyl (C=O) groups is 2. The number of rotatable bonds is 2. The van der Waals surface area contributed by atoms with E-state index >= 15 is 0 Å². The normalized spacial score (nSPS) is 29.3. The van der Waals surface area contributed by atoms with Crippen molar-refractivity contribution in [1.29, 1.82) is 0 Å². The first-order valence-corrected chi connectivity index (χ1v) is 7.94. The molecule has 2 saturated heterocycles. The van der Waals surface area contributed by atoms with Gasteiger partial charge in [-0.1, -0.05) is 13.8 Å². The molecule has 0 aliphatic carbocycles. The van der Waals surface area contributed by atoms with Gasteiger partial charge in [-0.2, -0.15) is 0 Å². The maximum Gasteiger partial charge on any atom is 0.410 e. The van der Waals surface area contributed by atoms with Crippen LogP contribution in [0.25, 0.3) is 0 Å². The van der Waals surface area contributed by atoms with Crippen LogP contribution in [-0.2, 0) is 9.53 Å². The van der Waals surface area contributed by atoms with Crippen LogP contribution in [0.2, 0.25) is 0 Å². The maximum atomic E-state index is 12.6. The third-order valence-corrected chi connectivity index (χ3v) is 4.66. The van der Waals surface area contributed by atoms with Crippen molar-refractivity contribution in [2.75, 3.05) is 19.6 Å². The summed E-state index contributed by atoms with van der Waals surface area (Å²) in [5.74, 6) is 0.0873. The molecule has 0 aromatic heterocycles. The molecule has 2 rings (SSSR count). The largest absolute Gasteiger partial charge is 0.444 e. The second kappa shape index (κ2) is 5.50. The molecule has 2 aliphatic rings. The molecular formula is C16H28N2O3. The second-order valence-corrected chi connectivity index (χ2v) is 7.65. The van der Waals surface area contributed by atoms with Gasteiger partial charge < -0.3 is 9.64 Å². The van der Waals surface area contributed by atoms with Crippen LogP contribution in [0.3, 0.4) is 0 Å². The summed E-state index contributed by atoms with van der Waals surface area (Å²) in [4.78, 5) is 28.2. The molecule has 120 valence electrons. The maximum absolute atomic E-state index is 12.6. The third-order valence-electron chi connectivity index (χ3n) is 4.66. The third kappa shape index (κ3) is 3.50. The monoisotopic (exact) mass is 296 g/mol. The number of hydrogen-bond donors (Lipinski definition) is 0. The standard InChI is InChI=1S/C16H28N2O3/c1-6-16(5)8-10-17(11-16)13(19)12-7-9-18(12)14(20)21-15(2,3)4/h12H,6-11H2,1-5H3/t12?,16-/m0/s1. The molecule has 0 saturated carbocycles. The van der Waals surface area contributed by atoms with E-state index in [1.54, 1.807) is 4.90 Å². The summed E-state index contributed by atoms with van der Waals surface area (Å²) in [6, 6.07) is -0.320. The Hall–Kier alpha value is -1.26. The van der Waals surface area contributed by atoms with Crippen LogP contribution in [0.4, 0.5) is 4.79 Å². The Balaban J connectivity index is 1.94. The van der Waals surface area contributed by atoms with Crippen molar-refractivity contribution in [3.8, 4) is 0 Å². The number of hydrogen-bond acceptors (Lipinski definition) is 3. The average molecular weight is 296 g/mol. The lowest BCUT2D eigenvalue weighted by atomic mass is 9.87. The lowest BCUT2D eigenvalue weighted by molar-refractivity contribution is -0.140. The van der Waals surface area contributed by atoms with E-state index in [1.807, 2.05) is 25.7 Å². The zero-order valence-corrected chi connectivity index (χ0v) is 13.9. The van der Waals surface area contributed by atoms with Crippen molar-refractivity contribution in [1.82, 2.24) is 9.80 Å². The zero-order chi connectivity index (χ0) is 15.8. The molecule has 0 radical (unpaired) electrons. The fourth-order valence-electron chi connectivity index (χ4n) is 2.89. The van der Waals surface area contributed by atoms with Gasteiger partial charge in [-0.3, -0.25) is 9.69 Å². The number of amides is 2. The molecule has 2 amide bonds. The number of ether oxygens (including phenoxy) is 1. The number of nitrogens with zero attached hydrogens (tertiary/aromatic N) is 2. The molecule has 2 heterocycles. The fraction of sp³-hybridized carbons (Fsp3) is 0.875. The van der Waals surface area contributed by atoms with Crippen molar-refractivity contribution >= 4 is 12.0 Å². The van der Waals surface area contributed by atoms with Crippen LogP contribution in [0.15, 0.2) is 0 Å². The highest BCUT2D eigenvalue weighted by Crippen LogP contribution is 2.34. The van der Waals surface area contributed by atoms with Gasteiger partial charge in [0.2, 0.25) is 5.91 Å². The molecule has 2 fully saturated rings. The highest BCUT2D eigenvalue weighted by atomic mass is 16.6. The van der Waals surface area contributed by atoms with E-state index in [0.29, 0.717) is 6.54 Å².